The summed E-state index contributed by atoms with van der Waals surface area (Å²) < 4.78 is 27.3. The first-order valence-corrected chi connectivity index (χ1v) is 6.89. The first kappa shape index (κ1) is 14.7. The lowest BCUT2D eigenvalue weighted by molar-refractivity contribution is -0.856. The first-order valence-electron chi connectivity index (χ1n) is 5.40. The van der Waals surface area contributed by atoms with Gasteiger partial charge in [0, 0.05) is 13.2 Å². The van der Waals surface area contributed by atoms with Crippen molar-refractivity contribution in [3.63, 3.8) is 0 Å². The smallest absolute Gasteiger partial charge is 0.242 e. The van der Waals surface area contributed by atoms with E-state index < -0.39 is 16.0 Å². The highest BCUT2D eigenvalue weighted by atomic mass is 32.2. The van der Waals surface area contributed by atoms with Crippen LogP contribution in [0.4, 0.5) is 0 Å². The number of quaternary nitrogens is 1. The Hall–Kier alpha value is -1.38. The van der Waals surface area contributed by atoms with Gasteiger partial charge in [-0.3, -0.25) is 0 Å². The molecule has 1 rings (SSSR count). The number of aryl methyl sites for hydroxylation is 1. The first-order chi connectivity index (χ1) is 8.24. The highest BCUT2D eigenvalue weighted by molar-refractivity contribution is 7.89. The van der Waals surface area contributed by atoms with Gasteiger partial charge in [0.1, 0.15) is 4.90 Å². The molecule has 1 heterocycles. The van der Waals surface area contributed by atoms with E-state index in [-0.39, 0.29) is 10.6 Å². The molecule has 102 valence electrons. The molecule has 0 aromatic carbocycles. The van der Waals surface area contributed by atoms with Crippen LogP contribution in [0.1, 0.15) is 10.5 Å². The zero-order chi connectivity index (χ0) is 13.9. The maximum atomic E-state index is 11.9. The molecule has 0 unspecified atom stereocenters. The molecule has 2 N–H and O–H groups in total. The number of nitrogens with one attached hydrogen (secondary N) is 2. The van der Waals surface area contributed by atoms with Crippen LogP contribution in [0.5, 0.6) is 0 Å². The minimum atomic E-state index is -3.67. The van der Waals surface area contributed by atoms with Gasteiger partial charge in [-0.05, 0) is 6.07 Å². The van der Waals surface area contributed by atoms with E-state index in [1.807, 2.05) is 14.1 Å². The van der Waals surface area contributed by atoms with Crippen LogP contribution in [-0.2, 0) is 17.1 Å². The second kappa shape index (κ2) is 5.51. The van der Waals surface area contributed by atoms with Gasteiger partial charge in [0.2, 0.25) is 10.0 Å². The molecule has 0 spiro atoms. The van der Waals surface area contributed by atoms with Gasteiger partial charge < -0.3 is 19.4 Å². The van der Waals surface area contributed by atoms with E-state index in [0.29, 0.717) is 13.1 Å². The summed E-state index contributed by atoms with van der Waals surface area (Å²) in [6.45, 7) is 0.930. The third kappa shape index (κ3) is 3.56. The maximum Gasteiger partial charge on any atom is 0.242 e. The second-order valence-corrected chi connectivity index (χ2v) is 6.08. The molecule has 8 heteroatoms. The molecular weight excluding hydrogens is 258 g/mol. The van der Waals surface area contributed by atoms with Crippen molar-refractivity contribution in [3.8, 4) is 0 Å². The normalized spacial score (nSPS) is 12.0. The number of carboxylic acid groups (broad SMARTS) is 1. The van der Waals surface area contributed by atoms with Crippen LogP contribution in [0.2, 0.25) is 0 Å². The van der Waals surface area contributed by atoms with Gasteiger partial charge in [-0.15, -0.1) is 0 Å². The number of likely N-dealkylation sites (N-methyl/N-ethyl adjacent to an activating group) is 1. The predicted octanol–water partition coefficient (Wildman–Crippen LogP) is -3.19. The zero-order valence-corrected chi connectivity index (χ0v) is 11.4. The highest BCUT2D eigenvalue weighted by Gasteiger charge is 2.17. The molecule has 0 amide bonds. The largest absolute Gasteiger partial charge is 0.543 e. The third-order valence-corrected chi connectivity index (χ3v) is 3.84. The van der Waals surface area contributed by atoms with E-state index >= 15 is 0 Å². The van der Waals surface area contributed by atoms with Crippen LogP contribution in [-0.4, -0.2) is 46.1 Å². The van der Waals surface area contributed by atoms with Crippen molar-refractivity contribution < 1.29 is 23.2 Å². The lowest BCUT2D eigenvalue weighted by Gasteiger charge is -2.08. The van der Waals surface area contributed by atoms with Gasteiger partial charge in [-0.25, -0.2) is 13.1 Å². The number of aromatic carboxylic acids is 1. The van der Waals surface area contributed by atoms with Crippen molar-refractivity contribution in [2.75, 3.05) is 27.2 Å². The zero-order valence-electron chi connectivity index (χ0n) is 10.6. The van der Waals surface area contributed by atoms with Gasteiger partial charge in [0.15, 0.2) is 0 Å². The van der Waals surface area contributed by atoms with E-state index in [4.69, 9.17) is 0 Å². The lowest BCUT2D eigenvalue weighted by Crippen LogP contribution is -3.06. The number of aromatic nitrogens is 1. The fraction of sp³-hybridized carbons (Fsp3) is 0.500. The Kier molecular flexibility index (Phi) is 4.49. The van der Waals surface area contributed by atoms with Crippen LogP contribution in [0.3, 0.4) is 0 Å². The number of carbonyl (C=O) groups is 1. The number of hydrogen-bond donors (Lipinski definition) is 2. The molecule has 0 saturated carbocycles. The monoisotopic (exact) mass is 275 g/mol. The minimum absolute atomic E-state index is 0.0713. The summed E-state index contributed by atoms with van der Waals surface area (Å²) in [4.78, 5) is 11.8. The van der Waals surface area contributed by atoms with Crippen LogP contribution < -0.4 is 14.7 Å². The topological polar surface area (TPSA) is 95.7 Å². The summed E-state index contributed by atoms with van der Waals surface area (Å²) in [5.41, 5.74) is -0.173. The summed E-state index contributed by atoms with van der Waals surface area (Å²) in [7, 11) is 1.60. The van der Waals surface area contributed by atoms with Gasteiger partial charge in [-0.2, -0.15) is 0 Å². The molecule has 0 fully saturated rings. The standard InChI is InChI=1S/C10H17N3O4S/c1-12(2)5-4-11-18(16,17)8-6-9(10(14)15)13(3)7-8/h6-7,11H,4-5H2,1-3H3,(H,14,15). The van der Waals surface area contributed by atoms with Crippen molar-refractivity contribution >= 4 is 16.0 Å². The number of carboxylic acids is 1. The fourth-order valence-electron chi connectivity index (χ4n) is 1.40. The van der Waals surface area contributed by atoms with E-state index in [1.54, 1.807) is 0 Å². The molecule has 0 atom stereocenters. The number of carbonyl (C=O) groups excluding carboxylic acids is 1. The molecule has 18 heavy (non-hydrogen) atoms. The average Bonchev–Trinajstić information content (AvgIpc) is 2.60. The van der Waals surface area contributed by atoms with Crippen molar-refractivity contribution in [3.05, 3.63) is 18.0 Å². The van der Waals surface area contributed by atoms with Gasteiger partial charge in [0.25, 0.3) is 0 Å². The van der Waals surface area contributed by atoms with Crippen molar-refractivity contribution in [2.45, 2.75) is 4.90 Å². The number of sulfonamides is 1. The van der Waals surface area contributed by atoms with Crippen LogP contribution in [0.15, 0.2) is 17.2 Å². The van der Waals surface area contributed by atoms with Gasteiger partial charge in [0.05, 0.1) is 38.8 Å². The molecule has 0 saturated heterocycles. The molecular formula is C10H17N3O4S. The van der Waals surface area contributed by atoms with Crippen molar-refractivity contribution in [1.82, 2.24) is 9.29 Å². The Morgan fingerprint density at radius 1 is 1.50 bits per heavy atom. The van der Waals surface area contributed by atoms with Crippen LogP contribution in [0.25, 0.3) is 0 Å². The van der Waals surface area contributed by atoms with Crippen LogP contribution in [0, 0.1) is 0 Å². The highest BCUT2D eigenvalue weighted by Crippen LogP contribution is 2.12. The minimum Gasteiger partial charge on any atom is -0.543 e. The Labute approximate surface area is 106 Å². The van der Waals surface area contributed by atoms with Crippen molar-refractivity contribution in [1.29, 1.82) is 0 Å². The van der Waals surface area contributed by atoms with Crippen molar-refractivity contribution in [2.24, 2.45) is 7.05 Å². The quantitative estimate of drug-likeness (QED) is 0.572. The Bertz CT molecular complexity index is 533. The van der Waals surface area contributed by atoms with Gasteiger partial charge >= 0.3 is 0 Å². The van der Waals surface area contributed by atoms with Gasteiger partial charge in [-0.1, -0.05) is 0 Å². The second-order valence-electron chi connectivity index (χ2n) is 4.31. The van der Waals surface area contributed by atoms with E-state index in [2.05, 4.69) is 4.72 Å². The summed E-state index contributed by atoms with van der Waals surface area (Å²) >= 11 is 0. The summed E-state index contributed by atoms with van der Waals surface area (Å²) in [6, 6.07) is 1.08. The van der Waals surface area contributed by atoms with E-state index in [1.165, 1.54) is 17.8 Å². The molecule has 0 radical (unpaired) electrons. The lowest BCUT2D eigenvalue weighted by atomic mass is 10.4. The van der Waals surface area contributed by atoms with E-state index in [0.717, 1.165) is 11.0 Å². The summed E-state index contributed by atoms with van der Waals surface area (Å²) in [5, 5.41) is 10.7. The number of rotatable bonds is 6. The molecule has 1 aromatic rings. The predicted molar refractivity (Wildman–Crippen MR) is 62.6 cm³/mol. The molecule has 0 bridgehead atoms. The molecule has 0 aliphatic rings. The molecule has 7 nitrogen and oxygen atoms in total. The third-order valence-electron chi connectivity index (χ3n) is 2.42. The summed E-state index contributed by atoms with van der Waals surface area (Å²) in [6.07, 6.45) is 1.25. The molecule has 0 aliphatic carbocycles. The number of nitrogens with zero attached hydrogens (tertiary/aromatic N) is 1. The fourth-order valence-corrected chi connectivity index (χ4v) is 2.50. The summed E-state index contributed by atoms with van der Waals surface area (Å²) in [5.74, 6) is -1.41. The number of hydrogen-bond acceptors (Lipinski definition) is 4. The Balaban J connectivity index is 2.85. The Morgan fingerprint density at radius 3 is 2.56 bits per heavy atom. The SMILES string of the molecule is Cn1cc(S(=O)(=O)NCC[NH+](C)C)cc1C(=O)[O-]. The molecule has 1 aromatic heterocycles. The average molecular weight is 275 g/mol. The van der Waals surface area contributed by atoms with Crippen LogP contribution >= 0.6 is 0 Å². The Morgan fingerprint density at radius 2 is 2.11 bits per heavy atom. The maximum absolute atomic E-state index is 11.9. The van der Waals surface area contributed by atoms with E-state index in [9.17, 15) is 18.3 Å². The molecule has 0 aliphatic heterocycles.